The maximum absolute atomic E-state index is 12.5. The number of anilines is 2. The first kappa shape index (κ1) is 20.0. The van der Waals surface area contributed by atoms with E-state index in [4.69, 9.17) is 0 Å². The molecule has 162 valence electrons. The average molecular weight is 441 g/mol. The zero-order chi connectivity index (χ0) is 21.7. The smallest absolute Gasteiger partial charge is 0.292 e. The number of rotatable bonds is 4. The molecular weight excluding hydrogens is 416 g/mol. The Morgan fingerprint density at radius 2 is 2.00 bits per heavy atom. The van der Waals surface area contributed by atoms with E-state index in [-0.39, 0.29) is 16.2 Å². The van der Waals surface area contributed by atoms with Crippen LogP contribution in [-0.2, 0) is 13.0 Å². The van der Waals surface area contributed by atoms with Gasteiger partial charge in [-0.15, -0.1) is 11.3 Å². The Bertz CT molecular complexity index is 1240. The van der Waals surface area contributed by atoms with Crippen molar-refractivity contribution in [2.45, 2.75) is 26.8 Å². The Morgan fingerprint density at radius 1 is 1.23 bits per heavy atom. The van der Waals surface area contributed by atoms with Gasteiger partial charge >= 0.3 is 0 Å². The van der Waals surface area contributed by atoms with Gasteiger partial charge in [0.25, 0.3) is 11.2 Å². The summed E-state index contributed by atoms with van der Waals surface area (Å²) in [6.07, 6.45) is 0.803. The lowest BCUT2D eigenvalue weighted by Gasteiger charge is -2.36. The molecule has 0 spiro atoms. The fourth-order valence-electron chi connectivity index (χ4n) is 4.58. The predicted molar refractivity (Wildman–Crippen MR) is 122 cm³/mol. The van der Waals surface area contributed by atoms with E-state index in [9.17, 15) is 14.9 Å². The number of aryl methyl sites for hydroxylation is 2. The molecule has 1 aromatic carbocycles. The Balaban J connectivity index is 1.34. The minimum absolute atomic E-state index is 0.0801. The van der Waals surface area contributed by atoms with Crippen LogP contribution < -0.4 is 15.8 Å². The van der Waals surface area contributed by atoms with Gasteiger partial charge in [-0.3, -0.25) is 19.8 Å². The second-order valence-corrected chi connectivity index (χ2v) is 9.34. The molecule has 3 aromatic rings. The van der Waals surface area contributed by atoms with Crippen molar-refractivity contribution in [2.75, 3.05) is 42.9 Å². The van der Waals surface area contributed by atoms with Gasteiger partial charge in [-0.1, -0.05) is 0 Å². The van der Waals surface area contributed by atoms with E-state index in [1.807, 2.05) is 19.9 Å². The van der Waals surface area contributed by atoms with E-state index >= 15 is 0 Å². The van der Waals surface area contributed by atoms with Crippen LogP contribution in [0.5, 0.6) is 0 Å². The number of fused-ring (bicyclic) bond motifs is 2. The molecule has 0 aliphatic carbocycles. The van der Waals surface area contributed by atoms with Gasteiger partial charge in [-0.2, -0.15) is 0 Å². The fraction of sp³-hybridized carbons (Fsp3) is 0.429. The molecule has 1 fully saturated rings. The van der Waals surface area contributed by atoms with Crippen molar-refractivity contribution in [3.05, 3.63) is 54.4 Å². The number of piperazine rings is 1. The first-order valence-corrected chi connectivity index (χ1v) is 11.2. The summed E-state index contributed by atoms with van der Waals surface area (Å²) in [6.45, 7) is 8.23. The largest absolute Gasteiger partial charge is 0.384 e. The van der Waals surface area contributed by atoms with Crippen LogP contribution in [0.25, 0.3) is 10.2 Å². The number of aromatic amines is 1. The van der Waals surface area contributed by atoms with Crippen molar-refractivity contribution in [1.82, 2.24) is 14.9 Å². The zero-order valence-electron chi connectivity index (χ0n) is 17.5. The number of hydrogen-bond donors (Lipinski definition) is 2. The molecule has 9 nitrogen and oxygen atoms in total. The monoisotopic (exact) mass is 440 g/mol. The third kappa shape index (κ3) is 3.45. The zero-order valence-corrected chi connectivity index (χ0v) is 18.3. The van der Waals surface area contributed by atoms with Crippen LogP contribution in [0.2, 0.25) is 0 Å². The third-order valence-corrected chi connectivity index (χ3v) is 7.40. The molecule has 31 heavy (non-hydrogen) atoms. The molecule has 0 atom stereocenters. The number of thiophene rings is 1. The summed E-state index contributed by atoms with van der Waals surface area (Å²) in [5.74, 6) is 0.669. The second-order valence-electron chi connectivity index (χ2n) is 8.13. The lowest BCUT2D eigenvalue weighted by atomic mass is 10.1. The number of nitro groups is 1. The third-order valence-electron chi connectivity index (χ3n) is 6.30. The van der Waals surface area contributed by atoms with E-state index in [1.165, 1.54) is 0 Å². The normalized spacial score (nSPS) is 16.5. The van der Waals surface area contributed by atoms with Gasteiger partial charge in [-0.25, -0.2) is 4.98 Å². The number of H-pyrrole nitrogens is 1. The van der Waals surface area contributed by atoms with Crippen molar-refractivity contribution in [1.29, 1.82) is 0 Å². The average Bonchev–Trinajstić information content (AvgIpc) is 3.32. The fourth-order valence-corrected chi connectivity index (χ4v) is 5.63. The highest BCUT2D eigenvalue weighted by molar-refractivity contribution is 7.18. The Hall–Kier alpha value is -2.98. The van der Waals surface area contributed by atoms with Gasteiger partial charge in [-0.05, 0) is 31.9 Å². The summed E-state index contributed by atoms with van der Waals surface area (Å²) in [5.41, 5.74) is 3.89. The summed E-state index contributed by atoms with van der Waals surface area (Å²) in [7, 11) is 0. The molecule has 0 radical (unpaired) electrons. The highest BCUT2D eigenvalue weighted by Gasteiger charge is 2.30. The molecule has 5 rings (SSSR count). The van der Waals surface area contributed by atoms with Gasteiger partial charge in [0, 0.05) is 54.9 Å². The SMILES string of the molecule is Cc1sc2nc(CN3CCN(c4c([N+](=O)[O-])ccc5c4CCN5)CC3)[nH]c(=O)c2c1C. The van der Waals surface area contributed by atoms with Crippen LogP contribution in [0.4, 0.5) is 17.1 Å². The number of nitrogens with one attached hydrogen (secondary N) is 2. The van der Waals surface area contributed by atoms with E-state index in [0.717, 1.165) is 58.3 Å². The summed E-state index contributed by atoms with van der Waals surface area (Å²) in [6, 6.07) is 3.42. The molecule has 0 unspecified atom stereocenters. The molecular formula is C21H24N6O3S. The number of benzene rings is 1. The minimum Gasteiger partial charge on any atom is -0.384 e. The minimum atomic E-state index is -0.283. The van der Waals surface area contributed by atoms with Crippen molar-refractivity contribution in [2.24, 2.45) is 0 Å². The van der Waals surface area contributed by atoms with Gasteiger partial charge in [0.15, 0.2) is 0 Å². The van der Waals surface area contributed by atoms with E-state index in [1.54, 1.807) is 17.4 Å². The molecule has 4 heterocycles. The topological polar surface area (TPSA) is 107 Å². The molecule has 2 aliphatic heterocycles. The van der Waals surface area contributed by atoms with Gasteiger partial charge < -0.3 is 15.2 Å². The van der Waals surface area contributed by atoms with Crippen molar-refractivity contribution in [3.8, 4) is 0 Å². The number of nitro benzene ring substituents is 1. The molecule has 2 N–H and O–H groups in total. The van der Waals surface area contributed by atoms with E-state index in [2.05, 4.69) is 25.1 Å². The Morgan fingerprint density at radius 3 is 2.74 bits per heavy atom. The predicted octanol–water partition coefficient (Wildman–Crippen LogP) is 2.80. The van der Waals surface area contributed by atoms with Crippen LogP contribution in [0, 0.1) is 24.0 Å². The van der Waals surface area contributed by atoms with Crippen LogP contribution in [0.15, 0.2) is 16.9 Å². The molecule has 2 aromatic heterocycles. The molecule has 2 aliphatic rings. The highest BCUT2D eigenvalue weighted by atomic mass is 32.1. The standard InChI is InChI=1S/C21H24N6O3S/c1-12-13(2)31-21-18(12)20(28)23-17(24-21)11-25-7-9-26(10-8-25)19-14-5-6-22-15(14)3-4-16(19)27(29)30/h3-4,22H,5-11H2,1-2H3,(H,23,24,28). The first-order chi connectivity index (χ1) is 14.9. The number of hydrogen-bond acceptors (Lipinski definition) is 8. The Kier molecular flexibility index (Phi) is 4.90. The number of aromatic nitrogens is 2. The number of nitrogens with zero attached hydrogens (tertiary/aromatic N) is 4. The maximum Gasteiger partial charge on any atom is 0.292 e. The lowest BCUT2D eigenvalue weighted by molar-refractivity contribution is -0.384. The van der Waals surface area contributed by atoms with Gasteiger partial charge in [0.05, 0.1) is 16.9 Å². The molecule has 1 saturated heterocycles. The quantitative estimate of drug-likeness (QED) is 0.474. The second kappa shape index (κ2) is 7.61. The maximum atomic E-state index is 12.5. The van der Waals surface area contributed by atoms with Crippen molar-refractivity contribution >= 4 is 38.6 Å². The molecule has 0 bridgehead atoms. The van der Waals surface area contributed by atoms with E-state index in [0.29, 0.717) is 30.8 Å². The highest BCUT2D eigenvalue weighted by Crippen LogP contribution is 2.39. The molecule has 0 amide bonds. The summed E-state index contributed by atoms with van der Waals surface area (Å²) in [5, 5.41) is 15.6. The van der Waals surface area contributed by atoms with Crippen molar-refractivity contribution < 1.29 is 4.92 Å². The molecule has 10 heteroatoms. The van der Waals surface area contributed by atoms with Crippen LogP contribution >= 0.6 is 11.3 Å². The molecule has 0 saturated carbocycles. The summed E-state index contributed by atoms with van der Waals surface area (Å²) >= 11 is 1.55. The van der Waals surface area contributed by atoms with Crippen LogP contribution in [0.1, 0.15) is 21.8 Å². The van der Waals surface area contributed by atoms with E-state index < -0.39 is 0 Å². The van der Waals surface area contributed by atoms with Crippen molar-refractivity contribution in [3.63, 3.8) is 0 Å². The van der Waals surface area contributed by atoms with Crippen LogP contribution in [-0.4, -0.2) is 52.5 Å². The Labute approximate surface area is 182 Å². The first-order valence-electron chi connectivity index (χ1n) is 10.4. The summed E-state index contributed by atoms with van der Waals surface area (Å²) < 4.78 is 0. The van der Waals surface area contributed by atoms with Gasteiger partial charge in [0.2, 0.25) is 0 Å². The van der Waals surface area contributed by atoms with Gasteiger partial charge in [0.1, 0.15) is 16.3 Å². The summed E-state index contributed by atoms with van der Waals surface area (Å²) in [4.78, 5) is 37.8. The lowest BCUT2D eigenvalue weighted by Crippen LogP contribution is -2.46. The van der Waals surface area contributed by atoms with Crippen LogP contribution in [0.3, 0.4) is 0 Å².